The Kier molecular flexibility index (Phi) is 6.07. The first-order valence-electron chi connectivity index (χ1n) is 10.6. The largest absolute Gasteiger partial charge is 0.490 e. The van der Waals surface area contributed by atoms with Gasteiger partial charge in [-0.05, 0) is 50.1 Å². The molecule has 2 saturated heterocycles. The van der Waals surface area contributed by atoms with Gasteiger partial charge in [-0.2, -0.15) is 0 Å². The molecule has 2 aliphatic heterocycles. The van der Waals surface area contributed by atoms with Gasteiger partial charge in [0.1, 0.15) is 36.4 Å². The first-order valence-corrected chi connectivity index (χ1v) is 11.4. The number of hydrogen-bond donors (Lipinski definition) is 1. The van der Waals surface area contributed by atoms with E-state index in [9.17, 15) is 4.39 Å². The third kappa shape index (κ3) is 4.35. The van der Waals surface area contributed by atoms with E-state index in [1.165, 1.54) is 31.3 Å². The average Bonchev–Trinajstić information content (AvgIpc) is 3.24. The van der Waals surface area contributed by atoms with Crippen LogP contribution in [0.1, 0.15) is 18.4 Å². The van der Waals surface area contributed by atoms with Crippen LogP contribution in [0.15, 0.2) is 30.6 Å². The van der Waals surface area contributed by atoms with E-state index in [0.29, 0.717) is 24.0 Å². The quantitative estimate of drug-likeness (QED) is 0.499. The Hall–Kier alpha value is -2.19. The Morgan fingerprint density at radius 1 is 1.22 bits per heavy atom. The minimum atomic E-state index is -0.518. The molecule has 2 aromatic carbocycles. The summed E-state index contributed by atoms with van der Waals surface area (Å²) in [4.78, 5) is 11.1. The van der Waals surface area contributed by atoms with Crippen LogP contribution in [0.3, 0.4) is 0 Å². The number of hydrogen-bond acceptors (Lipinski definition) is 6. The number of morpholine rings is 1. The van der Waals surface area contributed by atoms with Gasteiger partial charge in [0.2, 0.25) is 0 Å². The van der Waals surface area contributed by atoms with Crippen LogP contribution in [0, 0.1) is 12.7 Å². The number of benzene rings is 2. The van der Waals surface area contributed by atoms with Crippen molar-refractivity contribution in [3.8, 4) is 5.75 Å². The fraction of sp³-hybridized carbons (Fsp3) is 0.391. The summed E-state index contributed by atoms with van der Waals surface area (Å²) in [6, 6.07) is 6.98. The maximum Gasteiger partial charge on any atom is 0.148 e. The number of rotatable bonds is 5. The van der Waals surface area contributed by atoms with E-state index in [2.05, 4.69) is 20.2 Å². The number of aryl methyl sites for hydroxylation is 1. The highest BCUT2D eigenvalue weighted by Gasteiger charge is 2.32. The van der Waals surface area contributed by atoms with Gasteiger partial charge < -0.3 is 14.8 Å². The van der Waals surface area contributed by atoms with Crippen molar-refractivity contribution in [2.45, 2.75) is 31.9 Å². The van der Waals surface area contributed by atoms with Crippen molar-refractivity contribution >= 4 is 45.6 Å². The highest BCUT2D eigenvalue weighted by atomic mass is 35.5. The summed E-state index contributed by atoms with van der Waals surface area (Å²) in [6.07, 6.45) is 3.95. The van der Waals surface area contributed by atoms with Crippen LogP contribution in [0.2, 0.25) is 10.0 Å². The molecule has 0 radical (unpaired) electrons. The molecule has 1 unspecified atom stereocenters. The summed E-state index contributed by atoms with van der Waals surface area (Å²) in [5.74, 6) is 0.697. The van der Waals surface area contributed by atoms with Crippen LogP contribution in [0.25, 0.3) is 10.9 Å². The minimum Gasteiger partial charge on any atom is -0.490 e. The van der Waals surface area contributed by atoms with E-state index in [-0.39, 0.29) is 21.8 Å². The summed E-state index contributed by atoms with van der Waals surface area (Å²) in [5.41, 5.74) is 1.81. The number of nitrogens with one attached hydrogen (secondary N) is 1. The standard InChI is InChI=1S/C23H23Cl2FN4O2/c1-13-5-16-20(8-22(13)32-11-15-9-30-4-2-3-14(30)10-31-15)27-12-28-23(16)29-21-7-18(25)17(24)6-19(21)26/h5-8,12,14-15H,2-4,9-11H2,1H3,(H,27,28,29)/t14?,15-/m0/s1. The van der Waals surface area contributed by atoms with Gasteiger partial charge in [0.25, 0.3) is 0 Å². The van der Waals surface area contributed by atoms with Gasteiger partial charge >= 0.3 is 0 Å². The van der Waals surface area contributed by atoms with Crippen LogP contribution in [0.5, 0.6) is 5.75 Å². The third-order valence-corrected chi connectivity index (χ3v) is 6.80. The SMILES string of the molecule is Cc1cc2c(Nc3cc(Cl)c(Cl)cc3F)ncnc2cc1OC[C@@H]1CN2CCCC2CO1. The molecule has 5 rings (SSSR count). The zero-order valence-corrected chi connectivity index (χ0v) is 19.1. The zero-order valence-electron chi connectivity index (χ0n) is 17.6. The lowest BCUT2D eigenvalue weighted by atomic mass is 10.1. The molecule has 32 heavy (non-hydrogen) atoms. The van der Waals surface area contributed by atoms with Crippen LogP contribution in [-0.2, 0) is 4.74 Å². The molecule has 0 saturated carbocycles. The second-order valence-corrected chi connectivity index (χ2v) is 9.10. The second kappa shape index (κ2) is 8.98. The van der Waals surface area contributed by atoms with Gasteiger partial charge in [-0.25, -0.2) is 14.4 Å². The average molecular weight is 477 g/mol. The molecule has 9 heteroatoms. The van der Waals surface area contributed by atoms with E-state index in [1.807, 2.05) is 19.1 Å². The fourth-order valence-electron chi connectivity index (χ4n) is 4.36. The molecule has 0 aliphatic carbocycles. The summed E-state index contributed by atoms with van der Waals surface area (Å²) in [5, 5.41) is 4.16. The lowest BCUT2D eigenvalue weighted by Gasteiger charge is -2.35. The smallest absolute Gasteiger partial charge is 0.148 e. The summed E-state index contributed by atoms with van der Waals surface area (Å²) in [7, 11) is 0. The summed E-state index contributed by atoms with van der Waals surface area (Å²) in [6.45, 7) is 5.27. The molecule has 0 amide bonds. The van der Waals surface area contributed by atoms with Crippen molar-refractivity contribution in [2.24, 2.45) is 0 Å². The van der Waals surface area contributed by atoms with Gasteiger partial charge in [0.05, 0.1) is 27.9 Å². The topological polar surface area (TPSA) is 59.5 Å². The molecule has 2 atom stereocenters. The molecule has 168 valence electrons. The fourth-order valence-corrected chi connectivity index (χ4v) is 4.68. The van der Waals surface area contributed by atoms with E-state index >= 15 is 0 Å². The number of halogens is 3. The molecule has 1 aromatic heterocycles. The van der Waals surface area contributed by atoms with Crippen molar-refractivity contribution in [3.05, 3.63) is 52.0 Å². The normalized spacial score (nSPS) is 21.0. The number of fused-ring (bicyclic) bond motifs is 2. The molecular weight excluding hydrogens is 454 g/mol. The molecule has 6 nitrogen and oxygen atoms in total. The predicted octanol–water partition coefficient (Wildman–Crippen LogP) is 5.37. The second-order valence-electron chi connectivity index (χ2n) is 8.29. The van der Waals surface area contributed by atoms with Crippen LogP contribution in [0.4, 0.5) is 15.9 Å². The predicted molar refractivity (Wildman–Crippen MR) is 124 cm³/mol. The molecule has 1 N–H and O–H groups in total. The van der Waals surface area contributed by atoms with Gasteiger partial charge in [0, 0.05) is 24.0 Å². The van der Waals surface area contributed by atoms with E-state index in [1.54, 1.807) is 0 Å². The summed E-state index contributed by atoms with van der Waals surface area (Å²) < 4.78 is 26.4. The van der Waals surface area contributed by atoms with Crippen molar-refractivity contribution in [1.29, 1.82) is 0 Å². The Bertz CT molecular complexity index is 1160. The first-order chi connectivity index (χ1) is 15.5. The number of ether oxygens (including phenoxy) is 2. The van der Waals surface area contributed by atoms with Crippen molar-refractivity contribution < 1.29 is 13.9 Å². The highest BCUT2D eigenvalue weighted by molar-refractivity contribution is 6.42. The van der Waals surface area contributed by atoms with E-state index in [4.69, 9.17) is 32.7 Å². The van der Waals surface area contributed by atoms with Crippen molar-refractivity contribution in [3.63, 3.8) is 0 Å². The molecular formula is C23H23Cl2FN4O2. The van der Waals surface area contributed by atoms with Gasteiger partial charge in [-0.3, -0.25) is 4.90 Å². The number of nitrogens with zero attached hydrogens (tertiary/aromatic N) is 3. The molecule has 2 fully saturated rings. The Labute approximate surface area is 195 Å². The molecule has 0 bridgehead atoms. The Morgan fingerprint density at radius 2 is 2.06 bits per heavy atom. The summed E-state index contributed by atoms with van der Waals surface area (Å²) >= 11 is 11.9. The maximum absolute atomic E-state index is 14.3. The lowest BCUT2D eigenvalue weighted by Crippen LogP contribution is -2.48. The van der Waals surface area contributed by atoms with Crippen molar-refractivity contribution in [2.75, 3.05) is 31.6 Å². The molecule has 3 heterocycles. The molecule has 0 spiro atoms. The van der Waals surface area contributed by atoms with Gasteiger partial charge in [-0.1, -0.05) is 23.2 Å². The highest BCUT2D eigenvalue weighted by Crippen LogP contribution is 2.33. The Morgan fingerprint density at radius 3 is 2.94 bits per heavy atom. The number of aromatic nitrogens is 2. The van der Waals surface area contributed by atoms with Crippen LogP contribution in [-0.4, -0.2) is 53.3 Å². The molecule has 3 aromatic rings. The first kappa shape index (κ1) is 21.6. The van der Waals surface area contributed by atoms with Gasteiger partial charge in [0.15, 0.2) is 0 Å². The van der Waals surface area contributed by atoms with E-state index in [0.717, 1.165) is 36.4 Å². The zero-order chi connectivity index (χ0) is 22.2. The van der Waals surface area contributed by atoms with Crippen LogP contribution < -0.4 is 10.1 Å². The van der Waals surface area contributed by atoms with Gasteiger partial charge in [-0.15, -0.1) is 0 Å². The van der Waals surface area contributed by atoms with Crippen LogP contribution >= 0.6 is 23.2 Å². The van der Waals surface area contributed by atoms with E-state index < -0.39 is 5.82 Å². The Balaban J connectivity index is 1.34. The lowest BCUT2D eigenvalue weighted by molar-refractivity contribution is -0.0653. The number of anilines is 2. The minimum absolute atomic E-state index is 0.0553. The van der Waals surface area contributed by atoms with Crippen molar-refractivity contribution in [1.82, 2.24) is 14.9 Å². The maximum atomic E-state index is 14.3. The monoisotopic (exact) mass is 476 g/mol. The molecule has 2 aliphatic rings. The third-order valence-electron chi connectivity index (χ3n) is 6.08.